The van der Waals surface area contributed by atoms with Gasteiger partial charge < -0.3 is 19.9 Å². The van der Waals surface area contributed by atoms with E-state index in [0.717, 1.165) is 31.2 Å². The highest BCUT2D eigenvalue weighted by atomic mass is 16.5. The second-order valence-electron chi connectivity index (χ2n) is 7.44. The number of carbonyl (C=O) groups is 2. The monoisotopic (exact) mass is 391 g/mol. The van der Waals surface area contributed by atoms with Gasteiger partial charge in [-0.2, -0.15) is 0 Å². The molecule has 1 aliphatic rings. The Morgan fingerprint density at radius 2 is 1.89 bits per heavy atom. The highest BCUT2D eigenvalue weighted by molar-refractivity contribution is 5.84. The van der Waals surface area contributed by atoms with E-state index < -0.39 is 17.8 Å². The van der Waals surface area contributed by atoms with E-state index in [1.54, 1.807) is 7.11 Å². The second-order valence-corrected chi connectivity index (χ2v) is 7.44. The second kappa shape index (κ2) is 11.6. The van der Waals surface area contributed by atoms with E-state index in [1.807, 2.05) is 18.2 Å². The molecule has 2 N–H and O–H groups in total. The third-order valence-corrected chi connectivity index (χ3v) is 5.40. The molecule has 0 saturated heterocycles. The molecule has 6 nitrogen and oxygen atoms in total. The minimum Gasteiger partial charge on any atom is -0.497 e. The Labute approximate surface area is 167 Å². The Kier molecular flexibility index (Phi) is 9.11. The molecule has 0 aromatic heterocycles. The first-order chi connectivity index (χ1) is 13.6. The van der Waals surface area contributed by atoms with Crippen molar-refractivity contribution in [2.75, 3.05) is 13.7 Å². The van der Waals surface area contributed by atoms with Crippen molar-refractivity contribution < 1.29 is 24.2 Å². The van der Waals surface area contributed by atoms with Gasteiger partial charge in [-0.05, 0) is 31.4 Å². The molecule has 1 aromatic carbocycles. The number of carboxylic acids is 1. The van der Waals surface area contributed by atoms with Crippen molar-refractivity contribution in [2.45, 2.75) is 64.8 Å². The normalized spacial score (nSPS) is 19.1. The van der Waals surface area contributed by atoms with Crippen molar-refractivity contribution in [3.8, 4) is 11.5 Å². The first-order valence-corrected chi connectivity index (χ1v) is 10.4. The zero-order valence-corrected chi connectivity index (χ0v) is 17.0. The van der Waals surface area contributed by atoms with Gasteiger partial charge in [0.2, 0.25) is 5.91 Å². The summed E-state index contributed by atoms with van der Waals surface area (Å²) in [7, 11) is 1.61. The van der Waals surface area contributed by atoms with Crippen LogP contribution < -0.4 is 14.8 Å². The molecule has 0 bridgehead atoms. The quantitative estimate of drug-likeness (QED) is 0.553. The van der Waals surface area contributed by atoms with Crippen LogP contribution in [0.4, 0.5) is 0 Å². The third kappa shape index (κ3) is 6.43. The lowest BCUT2D eigenvalue weighted by Crippen LogP contribution is -2.39. The van der Waals surface area contributed by atoms with E-state index in [4.69, 9.17) is 9.47 Å². The minimum absolute atomic E-state index is 0.184. The molecule has 1 aromatic rings. The van der Waals surface area contributed by atoms with Crippen molar-refractivity contribution in [2.24, 2.45) is 11.8 Å². The summed E-state index contributed by atoms with van der Waals surface area (Å²) in [6, 6.07) is 5.56. The molecule has 6 heteroatoms. The number of nitrogens with one attached hydrogen (secondary N) is 1. The molecular weight excluding hydrogens is 358 g/mol. The minimum atomic E-state index is -0.875. The number of amides is 1. The summed E-state index contributed by atoms with van der Waals surface area (Å²) >= 11 is 0. The first-order valence-electron chi connectivity index (χ1n) is 10.4. The number of hydrogen-bond donors (Lipinski definition) is 2. The van der Waals surface area contributed by atoms with Gasteiger partial charge in [0.05, 0.1) is 25.6 Å². The van der Waals surface area contributed by atoms with Crippen molar-refractivity contribution >= 4 is 11.9 Å². The molecule has 0 spiro atoms. The standard InChI is InChI=1S/C22H33NO5/c1-3-4-5-8-13-28-20-14-17(27-2)12-11-16(20)15-23-21(24)18-9-6-7-10-19(18)22(25)26/h11-12,14,18-19H,3-10,13,15H2,1-2H3,(H,23,24)(H,25,26). The zero-order valence-electron chi connectivity index (χ0n) is 17.0. The molecule has 2 unspecified atom stereocenters. The first kappa shape index (κ1) is 22.1. The van der Waals surface area contributed by atoms with Crippen LogP contribution in [0.3, 0.4) is 0 Å². The number of hydrogen-bond acceptors (Lipinski definition) is 4. The summed E-state index contributed by atoms with van der Waals surface area (Å²) in [5.74, 6) is -0.689. The Balaban J connectivity index is 1.97. The number of carboxylic acid groups (broad SMARTS) is 1. The number of methoxy groups -OCH3 is 1. The predicted molar refractivity (Wildman–Crippen MR) is 108 cm³/mol. The fraction of sp³-hybridized carbons (Fsp3) is 0.636. The van der Waals surface area contributed by atoms with Crippen LogP contribution in [0.25, 0.3) is 0 Å². The van der Waals surface area contributed by atoms with Crippen LogP contribution in [-0.2, 0) is 16.1 Å². The van der Waals surface area contributed by atoms with Crippen LogP contribution >= 0.6 is 0 Å². The Hall–Kier alpha value is -2.24. The maximum atomic E-state index is 12.6. The largest absolute Gasteiger partial charge is 0.497 e. The molecule has 1 amide bonds. The van der Waals surface area contributed by atoms with Gasteiger partial charge in [0.25, 0.3) is 0 Å². The smallest absolute Gasteiger partial charge is 0.307 e. The van der Waals surface area contributed by atoms with Gasteiger partial charge in [0.15, 0.2) is 0 Å². The summed E-state index contributed by atoms with van der Waals surface area (Å²) in [5, 5.41) is 12.3. The van der Waals surface area contributed by atoms with Crippen molar-refractivity contribution in [1.29, 1.82) is 0 Å². The van der Waals surface area contributed by atoms with Crippen molar-refractivity contribution in [3.05, 3.63) is 23.8 Å². The Morgan fingerprint density at radius 3 is 2.57 bits per heavy atom. The lowest BCUT2D eigenvalue weighted by molar-refractivity contribution is -0.148. The molecule has 156 valence electrons. The number of unbranched alkanes of at least 4 members (excludes halogenated alkanes) is 3. The number of carbonyl (C=O) groups excluding carboxylic acids is 1. The number of benzene rings is 1. The van der Waals surface area contributed by atoms with E-state index in [2.05, 4.69) is 12.2 Å². The van der Waals surface area contributed by atoms with E-state index in [9.17, 15) is 14.7 Å². The van der Waals surface area contributed by atoms with Gasteiger partial charge in [0, 0.05) is 18.2 Å². The maximum absolute atomic E-state index is 12.6. The summed E-state index contributed by atoms with van der Waals surface area (Å²) in [5.41, 5.74) is 0.868. The highest BCUT2D eigenvalue weighted by Crippen LogP contribution is 2.31. The topological polar surface area (TPSA) is 84.9 Å². The van der Waals surface area contributed by atoms with E-state index in [1.165, 1.54) is 12.8 Å². The number of rotatable bonds is 11. The number of aliphatic carboxylic acids is 1. The van der Waals surface area contributed by atoms with Gasteiger partial charge in [-0.25, -0.2) is 0 Å². The van der Waals surface area contributed by atoms with Crippen LogP contribution in [0.1, 0.15) is 63.9 Å². The molecule has 28 heavy (non-hydrogen) atoms. The lowest BCUT2D eigenvalue weighted by Gasteiger charge is -2.27. The SMILES string of the molecule is CCCCCCOc1cc(OC)ccc1CNC(=O)C1CCCCC1C(=O)O. The highest BCUT2D eigenvalue weighted by Gasteiger charge is 2.35. The van der Waals surface area contributed by atoms with E-state index >= 15 is 0 Å². The van der Waals surface area contributed by atoms with Crippen LogP contribution in [0.15, 0.2) is 18.2 Å². The summed E-state index contributed by atoms with van der Waals surface area (Å²) < 4.78 is 11.2. The summed E-state index contributed by atoms with van der Waals surface area (Å²) in [4.78, 5) is 24.1. The van der Waals surface area contributed by atoms with Crippen LogP contribution in [0, 0.1) is 11.8 Å². The zero-order chi connectivity index (χ0) is 20.4. The van der Waals surface area contributed by atoms with Crippen molar-refractivity contribution in [1.82, 2.24) is 5.32 Å². The van der Waals surface area contributed by atoms with Crippen LogP contribution in [0.5, 0.6) is 11.5 Å². The van der Waals surface area contributed by atoms with Gasteiger partial charge in [-0.3, -0.25) is 9.59 Å². The Bertz CT molecular complexity index is 646. The molecule has 0 radical (unpaired) electrons. The molecule has 0 heterocycles. The lowest BCUT2D eigenvalue weighted by atomic mass is 9.78. The Morgan fingerprint density at radius 1 is 1.14 bits per heavy atom. The molecule has 2 atom stereocenters. The summed E-state index contributed by atoms with van der Waals surface area (Å²) in [6.07, 6.45) is 7.45. The fourth-order valence-corrected chi connectivity index (χ4v) is 3.71. The van der Waals surface area contributed by atoms with Crippen molar-refractivity contribution in [3.63, 3.8) is 0 Å². The third-order valence-electron chi connectivity index (χ3n) is 5.40. The predicted octanol–water partition coefficient (Wildman–Crippen LogP) is 4.16. The van der Waals surface area contributed by atoms with E-state index in [-0.39, 0.29) is 5.91 Å². The van der Waals surface area contributed by atoms with Gasteiger partial charge in [0.1, 0.15) is 11.5 Å². The molecule has 1 saturated carbocycles. The van der Waals surface area contributed by atoms with Gasteiger partial charge in [-0.1, -0.05) is 39.0 Å². The molecule has 2 rings (SSSR count). The average Bonchev–Trinajstić information content (AvgIpc) is 2.72. The fourth-order valence-electron chi connectivity index (χ4n) is 3.71. The number of ether oxygens (including phenoxy) is 2. The van der Waals surface area contributed by atoms with Gasteiger partial charge in [-0.15, -0.1) is 0 Å². The molecule has 1 fully saturated rings. The van der Waals surface area contributed by atoms with E-state index in [0.29, 0.717) is 37.5 Å². The van der Waals surface area contributed by atoms with Crippen LogP contribution in [-0.4, -0.2) is 30.7 Å². The summed E-state index contributed by atoms with van der Waals surface area (Å²) in [6.45, 7) is 3.11. The molecule has 0 aliphatic heterocycles. The average molecular weight is 392 g/mol. The van der Waals surface area contributed by atoms with Gasteiger partial charge >= 0.3 is 5.97 Å². The molecular formula is C22H33NO5. The van der Waals surface area contributed by atoms with Crippen LogP contribution in [0.2, 0.25) is 0 Å². The maximum Gasteiger partial charge on any atom is 0.307 e. The molecule has 1 aliphatic carbocycles.